The number of benzene rings is 3. The van der Waals surface area contributed by atoms with Crippen molar-refractivity contribution < 1.29 is 14.2 Å². The molecule has 3 aromatic carbocycles. The van der Waals surface area contributed by atoms with Gasteiger partial charge in [0.2, 0.25) is 0 Å². The first kappa shape index (κ1) is 22.6. The zero-order chi connectivity index (χ0) is 22.3. The van der Waals surface area contributed by atoms with Crippen molar-refractivity contribution in [2.24, 2.45) is 0 Å². The Morgan fingerprint density at radius 2 is 0.968 bits per heavy atom. The second-order valence-electron chi connectivity index (χ2n) is 7.19. The lowest BCUT2D eigenvalue weighted by Gasteiger charge is -2.38. The smallest absolute Gasteiger partial charge is 0.118 e. The molecule has 6 nitrogen and oxygen atoms in total. The van der Waals surface area contributed by atoms with Crippen LogP contribution in [0.1, 0.15) is 23.6 Å². The molecule has 31 heavy (non-hydrogen) atoms. The first-order valence-electron chi connectivity index (χ1n) is 10.2. The van der Waals surface area contributed by atoms with Crippen molar-refractivity contribution in [3.05, 3.63) is 89.5 Å². The number of methoxy groups -OCH3 is 3. The summed E-state index contributed by atoms with van der Waals surface area (Å²) in [7, 11) is 7.01. The molecule has 0 bridgehead atoms. The molecule has 0 spiro atoms. The fraction of sp³-hybridized carbons (Fsp3) is 0.280. The van der Waals surface area contributed by atoms with Gasteiger partial charge in [-0.3, -0.25) is 0 Å². The summed E-state index contributed by atoms with van der Waals surface area (Å²) >= 11 is 0. The molecule has 0 heterocycles. The number of ether oxygens (including phenoxy) is 3. The molecule has 0 radical (unpaired) electrons. The summed E-state index contributed by atoms with van der Waals surface area (Å²) < 4.78 is 16.2. The zero-order valence-electron chi connectivity index (χ0n) is 18.8. The van der Waals surface area contributed by atoms with Crippen molar-refractivity contribution in [2.75, 3.05) is 34.9 Å². The van der Waals surface area contributed by atoms with Crippen molar-refractivity contribution in [1.29, 1.82) is 0 Å². The van der Waals surface area contributed by atoms with Crippen LogP contribution in [0.5, 0.6) is 17.2 Å². The number of nitrogens with zero attached hydrogens (tertiary/aromatic N) is 1. The third kappa shape index (κ3) is 4.82. The van der Waals surface area contributed by atoms with Gasteiger partial charge in [0.15, 0.2) is 0 Å². The van der Waals surface area contributed by atoms with Crippen LogP contribution in [0.2, 0.25) is 0 Å². The summed E-state index contributed by atoms with van der Waals surface area (Å²) in [6, 6.07) is 24.3. The largest absolute Gasteiger partial charge is 0.497 e. The highest BCUT2D eigenvalue weighted by Crippen LogP contribution is 2.38. The van der Waals surface area contributed by atoms with Crippen molar-refractivity contribution in [2.45, 2.75) is 12.5 Å². The molecule has 0 aromatic heterocycles. The van der Waals surface area contributed by atoms with Crippen LogP contribution in [0.25, 0.3) is 0 Å². The van der Waals surface area contributed by atoms with Gasteiger partial charge in [-0.25, -0.2) is 10.4 Å². The highest BCUT2D eigenvalue weighted by Gasteiger charge is 2.37. The first-order chi connectivity index (χ1) is 15.1. The quantitative estimate of drug-likeness (QED) is 0.382. The lowest BCUT2D eigenvalue weighted by atomic mass is 9.77. The topological polar surface area (TPSA) is 55.0 Å². The van der Waals surface area contributed by atoms with Crippen LogP contribution in [0.4, 0.5) is 0 Å². The van der Waals surface area contributed by atoms with Gasteiger partial charge in [-0.1, -0.05) is 43.3 Å². The van der Waals surface area contributed by atoms with Crippen LogP contribution in [0.15, 0.2) is 72.8 Å². The van der Waals surface area contributed by atoms with Crippen LogP contribution in [0.3, 0.4) is 0 Å². The Bertz CT molecular complexity index is 826. The van der Waals surface area contributed by atoms with E-state index in [1.165, 1.54) is 0 Å². The van der Waals surface area contributed by atoms with E-state index >= 15 is 0 Å². The molecule has 0 aliphatic rings. The Morgan fingerprint density at radius 3 is 1.23 bits per heavy atom. The molecule has 0 saturated carbocycles. The van der Waals surface area contributed by atoms with E-state index in [-0.39, 0.29) is 0 Å². The Labute approximate surface area is 184 Å². The number of hydrogen-bond acceptors (Lipinski definition) is 6. The summed E-state index contributed by atoms with van der Waals surface area (Å²) in [5.74, 6) is 2.42. The van der Waals surface area contributed by atoms with E-state index < -0.39 is 5.54 Å². The molecule has 164 valence electrons. The maximum atomic E-state index is 5.39. The van der Waals surface area contributed by atoms with Gasteiger partial charge >= 0.3 is 0 Å². The highest BCUT2D eigenvalue weighted by atomic mass is 16.5. The summed E-state index contributed by atoms with van der Waals surface area (Å²) in [5, 5.41) is 1.99. The molecule has 3 rings (SSSR count). The van der Waals surface area contributed by atoms with E-state index in [0.717, 1.165) is 40.5 Å². The molecule has 3 aromatic rings. The van der Waals surface area contributed by atoms with Gasteiger partial charge < -0.3 is 14.2 Å². The number of rotatable bonds is 10. The lowest BCUT2D eigenvalue weighted by Crippen LogP contribution is -2.56. The molecular weight excluding hydrogens is 390 g/mol. The number of nitrogens with one attached hydrogen (secondary N) is 2. The summed E-state index contributed by atoms with van der Waals surface area (Å²) in [5.41, 5.74) is 9.42. The van der Waals surface area contributed by atoms with E-state index in [9.17, 15) is 0 Å². The van der Waals surface area contributed by atoms with Gasteiger partial charge in [0, 0.05) is 13.6 Å². The molecule has 2 N–H and O–H groups in total. The fourth-order valence-corrected chi connectivity index (χ4v) is 3.50. The van der Waals surface area contributed by atoms with Crippen LogP contribution in [-0.4, -0.2) is 39.9 Å². The fourth-order valence-electron chi connectivity index (χ4n) is 3.50. The normalized spacial score (nSPS) is 11.4. The standard InChI is InChI=1S/C25H31N3O3/c1-6-28(2)27-26-25(19-7-13-22(29-3)14-8-19,20-9-15-23(30-4)16-10-20)21-11-17-24(31-5)18-12-21/h7-18,26-27H,6H2,1-5H3. The number of hydrazine groups is 2. The third-order valence-electron chi connectivity index (χ3n) is 5.48. The molecule has 0 amide bonds. The SMILES string of the molecule is CCN(C)NNC(c1ccc(OC)cc1)(c1ccc(OC)cc1)c1ccc(OC)cc1. The first-order valence-corrected chi connectivity index (χ1v) is 10.2. The Kier molecular flexibility index (Phi) is 7.52. The second-order valence-corrected chi connectivity index (χ2v) is 7.19. The molecule has 0 unspecified atom stereocenters. The van der Waals surface area contributed by atoms with E-state index in [1.807, 2.05) is 48.5 Å². The average molecular weight is 422 g/mol. The number of hydrogen-bond donors (Lipinski definition) is 2. The predicted molar refractivity (Wildman–Crippen MR) is 123 cm³/mol. The second kappa shape index (κ2) is 10.3. The predicted octanol–water partition coefficient (Wildman–Crippen LogP) is 3.97. The van der Waals surface area contributed by atoms with Gasteiger partial charge in [-0.05, 0) is 53.1 Å². The van der Waals surface area contributed by atoms with Crippen LogP contribution in [-0.2, 0) is 5.54 Å². The van der Waals surface area contributed by atoms with Crippen LogP contribution < -0.4 is 25.2 Å². The van der Waals surface area contributed by atoms with Gasteiger partial charge in [0.25, 0.3) is 0 Å². The molecule has 0 saturated heterocycles. The van der Waals surface area contributed by atoms with Gasteiger partial charge in [0.1, 0.15) is 22.8 Å². The average Bonchev–Trinajstić information content (AvgIpc) is 2.85. The minimum Gasteiger partial charge on any atom is -0.497 e. The molecule has 0 aliphatic heterocycles. The van der Waals surface area contributed by atoms with E-state index in [1.54, 1.807) is 21.3 Å². The highest BCUT2D eigenvalue weighted by molar-refractivity contribution is 5.52. The van der Waals surface area contributed by atoms with E-state index in [0.29, 0.717) is 0 Å². The Morgan fingerprint density at radius 1 is 0.645 bits per heavy atom. The zero-order valence-corrected chi connectivity index (χ0v) is 18.8. The van der Waals surface area contributed by atoms with Gasteiger partial charge in [0.05, 0.1) is 21.3 Å². The lowest BCUT2D eigenvalue weighted by molar-refractivity contribution is 0.169. The summed E-state index contributed by atoms with van der Waals surface area (Å²) in [4.78, 5) is 0. The monoisotopic (exact) mass is 421 g/mol. The maximum absolute atomic E-state index is 5.39. The van der Waals surface area contributed by atoms with E-state index in [2.05, 4.69) is 54.3 Å². The van der Waals surface area contributed by atoms with Crippen LogP contribution >= 0.6 is 0 Å². The molecular formula is C25H31N3O3. The minimum atomic E-state index is -0.686. The third-order valence-corrected chi connectivity index (χ3v) is 5.48. The van der Waals surface area contributed by atoms with Gasteiger partial charge in [-0.15, -0.1) is 0 Å². The van der Waals surface area contributed by atoms with Crippen molar-refractivity contribution in [3.63, 3.8) is 0 Å². The Hall–Kier alpha value is -3.06. The molecule has 6 heteroatoms. The van der Waals surface area contributed by atoms with Crippen molar-refractivity contribution in [1.82, 2.24) is 16.0 Å². The van der Waals surface area contributed by atoms with Gasteiger partial charge in [-0.2, -0.15) is 5.53 Å². The maximum Gasteiger partial charge on any atom is 0.118 e. The molecule has 0 fully saturated rings. The minimum absolute atomic E-state index is 0.686. The Balaban J connectivity index is 2.23. The summed E-state index contributed by atoms with van der Waals surface area (Å²) in [6.45, 7) is 2.92. The molecule has 0 atom stereocenters. The van der Waals surface area contributed by atoms with Crippen molar-refractivity contribution in [3.8, 4) is 17.2 Å². The van der Waals surface area contributed by atoms with Crippen LogP contribution in [0, 0.1) is 0 Å². The summed E-state index contributed by atoms with van der Waals surface area (Å²) in [6.07, 6.45) is 0. The molecule has 0 aliphatic carbocycles. The van der Waals surface area contributed by atoms with E-state index in [4.69, 9.17) is 14.2 Å². The van der Waals surface area contributed by atoms with Crippen molar-refractivity contribution >= 4 is 0 Å².